The van der Waals surface area contributed by atoms with E-state index in [2.05, 4.69) is 26.6 Å². The molecule has 5 nitrogen and oxygen atoms in total. The third-order valence-electron chi connectivity index (χ3n) is 4.05. The van der Waals surface area contributed by atoms with Gasteiger partial charge in [0.15, 0.2) is 0 Å². The highest BCUT2D eigenvalue weighted by molar-refractivity contribution is 9.10. The molecule has 3 aromatic rings. The molecule has 0 atom stereocenters. The van der Waals surface area contributed by atoms with E-state index in [0.717, 1.165) is 16.6 Å². The van der Waals surface area contributed by atoms with Gasteiger partial charge in [-0.05, 0) is 55.0 Å². The summed E-state index contributed by atoms with van der Waals surface area (Å²) in [6.45, 7) is 1.68. The molecule has 2 N–H and O–H groups in total. The van der Waals surface area contributed by atoms with E-state index in [1.165, 1.54) is 30.7 Å². The van der Waals surface area contributed by atoms with Crippen molar-refractivity contribution in [3.8, 4) is 0 Å². The molecule has 0 aliphatic rings. The van der Waals surface area contributed by atoms with Crippen molar-refractivity contribution in [2.75, 3.05) is 10.6 Å². The SMILES string of the molecule is Cc1cc(Br)ccc1C(=O)Nc1ccc(NC(=O)c2ccoc2)cc1C(F)(F)F. The molecule has 0 saturated heterocycles. The van der Waals surface area contributed by atoms with Gasteiger partial charge in [-0.2, -0.15) is 13.2 Å². The fourth-order valence-corrected chi connectivity index (χ4v) is 3.11. The molecule has 0 radical (unpaired) electrons. The lowest BCUT2D eigenvalue weighted by Gasteiger charge is -2.16. The second-order valence-electron chi connectivity index (χ2n) is 6.14. The number of rotatable bonds is 4. The van der Waals surface area contributed by atoms with Crippen molar-refractivity contribution in [1.82, 2.24) is 0 Å². The Labute approximate surface area is 172 Å². The first-order valence-electron chi connectivity index (χ1n) is 8.27. The second-order valence-corrected chi connectivity index (χ2v) is 7.05. The number of hydrogen-bond acceptors (Lipinski definition) is 3. The van der Waals surface area contributed by atoms with E-state index in [0.29, 0.717) is 5.56 Å². The number of anilines is 2. The van der Waals surface area contributed by atoms with Crippen LogP contribution in [0.25, 0.3) is 0 Å². The molecule has 0 bridgehead atoms. The van der Waals surface area contributed by atoms with Crippen LogP contribution in [-0.2, 0) is 6.18 Å². The molecule has 0 fully saturated rings. The first kappa shape index (κ1) is 20.7. The van der Waals surface area contributed by atoms with Gasteiger partial charge in [0.2, 0.25) is 0 Å². The molecule has 0 spiro atoms. The third-order valence-corrected chi connectivity index (χ3v) is 4.54. The summed E-state index contributed by atoms with van der Waals surface area (Å²) < 4.78 is 46.1. The van der Waals surface area contributed by atoms with Gasteiger partial charge in [0, 0.05) is 15.7 Å². The summed E-state index contributed by atoms with van der Waals surface area (Å²) in [5.41, 5.74) is -0.534. The van der Waals surface area contributed by atoms with E-state index >= 15 is 0 Å². The van der Waals surface area contributed by atoms with Crippen molar-refractivity contribution in [3.63, 3.8) is 0 Å². The fraction of sp³-hybridized carbons (Fsp3) is 0.100. The summed E-state index contributed by atoms with van der Waals surface area (Å²) in [6.07, 6.45) is -2.29. The Kier molecular flexibility index (Phi) is 5.78. The lowest BCUT2D eigenvalue weighted by Crippen LogP contribution is -2.18. The molecule has 29 heavy (non-hydrogen) atoms. The summed E-state index contributed by atoms with van der Waals surface area (Å²) in [5.74, 6) is -1.29. The first-order valence-corrected chi connectivity index (χ1v) is 9.07. The zero-order chi connectivity index (χ0) is 21.2. The molecule has 2 amide bonds. The van der Waals surface area contributed by atoms with Crippen molar-refractivity contribution in [3.05, 3.63) is 81.7 Å². The minimum absolute atomic E-state index is 0.0682. The van der Waals surface area contributed by atoms with Gasteiger partial charge in [-0.1, -0.05) is 15.9 Å². The maximum atomic E-state index is 13.5. The van der Waals surface area contributed by atoms with Crippen LogP contribution in [-0.4, -0.2) is 11.8 Å². The smallest absolute Gasteiger partial charge is 0.418 e. The Hall–Kier alpha value is -3.07. The standard InChI is InChI=1S/C20H14BrF3N2O3/c1-11-8-13(21)2-4-15(11)19(28)26-17-5-3-14(9-16(17)20(22,23)24)25-18(27)12-6-7-29-10-12/h2-10H,1H3,(H,25,27)(H,26,28). The zero-order valence-electron chi connectivity index (χ0n) is 14.9. The Balaban J connectivity index is 1.88. The predicted octanol–water partition coefficient (Wildman–Crippen LogP) is 5.87. The highest BCUT2D eigenvalue weighted by Gasteiger charge is 2.34. The minimum Gasteiger partial charge on any atom is -0.472 e. The summed E-state index contributed by atoms with van der Waals surface area (Å²) in [7, 11) is 0. The Morgan fingerprint density at radius 1 is 1.00 bits per heavy atom. The maximum absolute atomic E-state index is 13.5. The van der Waals surface area contributed by atoms with Crippen molar-refractivity contribution in [2.45, 2.75) is 13.1 Å². The second kappa shape index (κ2) is 8.12. The van der Waals surface area contributed by atoms with Crippen molar-refractivity contribution >= 4 is 39.1 Å². The fourth-order valence-electron chi connectivity index (χ4n) is 2.63. The number of halogens is 4. The lowest BCUT2D eigenvalue weighted by atomic mass is 10.1. The third kappa shape index (κ3) is 4.86. The van der Waals surface area contributed by atoms with Gasteiger partial charge in [0.05, 0.1) is 23.1 Å². The summed E-state index contributed by atoms with van der Waals surface area (Å²) in [5, 5.41) is 4.67. The molecule has 0 aliphatic carbocycles. The monoisotopic (exact) mass is 466 g/mol. The zero-order valence-corrected chi connectivity index (χ0v) is 16.5. The van der Waals surface area contributed by atoms with E-state index in [1.807, 2.05) is 0 Å². The quantitative estimate of drug-likeness (QED) is 0.504. The summed E-state index contributed by atoms with van der Waals surface area (Å²) in [4.78, 5) is 24.5. The molecule has 1 heterocycles. The van der Waals surface area contributed by atoms with E-state index in [-0.39, 0.29) is 16.8 Å². The van der Waals surface area contributed by atoms with Gasteiger partial charge in [-0.25, -0.2) is 0 Å². The van der Waals surface area contributed by atoms with Gasteiger partial charge >= 0.3 is 6.18 Å². The molecular weight excluding hydrogens is 453 g/mol. The largest absolute Gasteiger partial charge is 0.472 e. The van der Waals surface area contributed by atoms with Gasteiger partial charge in [-0.3, -0.25) is 9.59 Å². The average Bonchev–Trinajstić information content (AvgIpc) is 3.16. The molecule has 0 unspecified atom stereocenters. The molecule has 1 aromatic heterocycles. The number of aryl methyl sites for hydroxylation is 1. The van der Waals surface area contributed by atoms with Crippen LogP contribution in [0.3, 0.4) is 0 Å². The van der Waals surface area contributed by atoms with E-state index in [4.69, 9.17) is 4.42 Å². The number of furan rings is 1. The van der Waals surface area contributed by atoms with Crippen LogP contribution in [0.2, 0.25) is 0 Å². The van der Waals surface area contributed by atoms with Gasteiger partial charge in [-0.15, -0.1) is 0 Å². The van der Waals surface area contributed by atoms with Crippen LogP contribution in [0.15, 0.2) is 63.9 Å². The summed E-state index contributed by atoms with van der Waals surface area (Å²) >= 11 is 3.27. The maximum Gasteiger partial charge on any atom is 0.418 e. The van der Waals surface area contributed by atoms with E-state index < -0.39 is 29.2 Å². The van der Waals surface area contributed by atoms with Gasteiger partial charge < -0.3 is 15.1 Å². The molecule has 3 rings (SSSR count). The number of benzene rings is 2. The molecule has 150 valence electrons. The van der Waals surface area contributed by atoms with E-state index in [9.17, 15) is 22.8 Å². The van der Waals surface area contributed by atoms with Crippen LogP contribution in [0.5, 0.6) is 0 Å². The van der Waals surface area contributed by atoms with Crippen LogP contribution in [0, 0.1) is 6.92 Å². The minimum atomic E-state index is -4.74. The summed E-state index contributed by atoms with van der Waals surface area (Å²) in [6, 6.07) is 9.35. The lowest BCUT2D eigenvalue weighted by molar-refractivity contribution is -0.136. The number of alkyl halides is 3. The highest BCUT2D eigenvalue weighted by Crippen LogP contribution is 2.37. The first-order chi connectivity index (χ1) is 13.6. The van der Waals surface area contributed by atoms with Crippen LogP contribution in [0.1, 0.15) is 31.8 Å². The highest BCUT2D eigenvalue weighted by atomic mass is 79.9. The number of hydrogen-bond donors (Lipinski definition) is 2. The predicted molar refractivity (Wildman–Crippen MR) is 105 cm³/mol. The van der Waals surface area contributed by atoms with Crippen molar-refractivity contribution in [2.24, 2.45) is 0 Å². The van der Waals surface area contributed by atoms with Crippen LogP contribution >= 0.6 is 15.9 Å². The van der Waals surface area contributed by atoms with E-state index in [1.54, 1.807) is 19.1 Å². The molecular formula is C20H14BrF3N2O3. The van der Waals surface area contributed by atoms with Crippen molar-refractivity contribution in [1.29, 1.82) is 0 Å². The Morgan fingerprint density at radius 2 is 1.76 bits per heavy atom. The van der Waals surface area contributed by atoms with Gasteiger partial charge in [0.25, 0.3) is 11.8 Å². The topological polar surface area (TPSA) is 71.3 Å². The Bertz CT molecular complexity index is 1060. The number of nitrogens with one attached hydrogen (secondary N) is 2. The van der Waals surface area contributed by atoms with Crippen molar-refractivity contribution < 1.29 is 27.2 Å². The number of carbonyl (C=O) groups excluding carboxylic acids is 2. The number of amides is 2. The number of carbonyl (C=O) groups is 2. The average molecular weight is 467 g/mol. The molecule has 9 heteroatoms. The molecule has 2 aromatic carbocycles. The van der Waals surface area contributed by atoms with Gasteiger partial charge in [0.1, 0.15) is 6.26 Å². The Morgan fingerprint density at radius 3 is 2.38 bits per heavy atom. The van der Waals surface area contributed by atoms with Crippen LogP contribution in [0.4, 0.5) is 24.5 Å². The van der Waals surface area contributed by atoms with Crippen LogP contribution < -0.4 is 10.6 Å². The normalized spacial score (nSPS) is 11.2. The molecule has 0 aliphatic heterocycles. The molecule has 0 saturated carbocycles.